The van der Waals surface area contributed by atoms with Crippen LogP contribution in [0.4, 0.5) is 0 Å². The van der Waals surface area contributed by atoms with Gasteiger partial charge >= 0.3 is 5.97 Å². The van der Waals surface area contributed by atoms with Crippen LogP contribution in [0.25, 0.3) is 0 Å². The third-order valence-corrected chi connectivity index (χ3v) is 2.14. The molecule has 0 aromatic heterocycles. The van der Waals surface area contributed by atoms with Crippen LogP contribution in [0.1, 0.15) is 17.3 Å². The summed E-state index contributed by atoms with van der Waals surface area (Å²) in [5.41, 5.74) is 0.468. The minimum Gasteiger partial charge on any atom is -0.488 e. The van der Waals surface area contributed by atoms with Crippen LogP contribution in [0.5, 0.6) is 5.75 Å². The summed E-state index contributed by atoms with van der Waals surface area (Å²) in [6.07, 6.45) is -0.808. The van der Waals surface area contributed by atoms with E-state index in [1.165, 1.54) is 6.92 Å². The van der Waals surface area contributed by atoms with Crippen LogP contribution in [0.3, 0.4) is 0 Å². The highest BCUT2D eigenvalue weighted by Gasteiger charge is 2.30. The average Bonchev–Trinajstić information content (AvgIpc) is 2.22. The lowest BCUT2D eigenvalue weighted by atomic mass is 10.0. The van der Waals surface area contributed by atoms with E-state index < -0.39 is 12.1 Å². The van der Waals surface area contributed by atoms with Crippen molar-refractivity contribution in [3.05, 3.63) is 29.8 Å². The van der Waals surface area contributed by atoms with Crippen molar-refractivity contribution < 1.29 is 19.1 Å². The van der Waals surface area contributed by atoms with Gasteiger partial charge in [0, 0.05) is 6.92 Å². The molecule has 0 saturated carbocycles. The van der Waals surface area contributed by atoms with Gasteiger partial charge in [-0.2, -0.15) is 0 Å². The molecule has 0 spiro atoms. The predicted molar refractivity (Wildman–Crippen MR) is 51.8 cm³/mol. The van der Waals surface area contributed by atoms with Gasteiger partial charge in [0.05, 0.1) is 5.56 Å². The van der Waals surface area contributed by atoms with Crippen molar-refractivity contribution in [3.8, 4) is 5.75 Å². The van der Waals surface area contributed by atoms with Crippen LogP contribution < -0.4 is 4.74 Å². The van der Waals surface area contributed by atoms with Gasteiger partial charge in [-0.15, -0.1) is 0 Å². The molecule has 2 rings (SSSR count). The Labute approximate surface area is 86.8 Å². The van der Waals surface area contributed by atoms with Crippen molar-refractivity contribution in [3.63, 3.8) is 0 Å². The zero-order valence-corrected chi connectivity index (χ0v) is 8.23. The standard InChI is InChI=1S/C11H10O4/c1-7(12)15-10-6-14-9-5-3-2-4-8(9)11(10)13/h2-5,10H,6H2,1H3. The van der Waals surface area contributed by atoms with E-state index in [0.29, 0.717) is 11.3 Å². The van der Waals surface area contributed by atoms with Crippen molar-refractivity contribution >= 4 is 11.8 Å². The summed E-state index contributed by atoms with van der Waals surface area (Å²) >= 11 is 0. The number of rotatable bonds is 1. The fourth-order valence-corrected chi connectivity index (χ4v) is 1.50. The molecular weight excluding hydrogens is 196 g/mol. The molecule has 0 radical (unpaired) electrons. The molecule has 4 heteroatoms. The molecule has 0 aliphatic carbocycles. The number of ketones is 1. The third-order valence-electron chi connectivity index (χ3n) is 2.14. The van der Waals surface area contributed by atoms with E-state index in [9.17, 15) is 9.59 Å². The highest BCUT2D eigenvalue weighted by Crippen LogP contribution is 2.25. The molecule has 1 aliphatic rings. The Kier molecular flexibility index (Phi) is 2.41. The van der Waals surface area contributed by atoms with Crippen molar-refractivity contribution in [2.75, 3.05) is 6.61 Å². The average molecular weight is 206 g/mol. The maximum atomic E-state index is 11.8. The van der Waals surface area contributed by atoms with E-state index in [1.807, 2.05) is 0 Å². The summed E-state index contributed by atoms with van der Waals surface area (Å²) in [5.74, 6) is -0.130. The summed E-state index contributed by atoms with van der Waals surface area (Å²) in [7, 11) is 0. The SMILES string of the molecule is CC(=O)OC1COc2ccccc2C1=O. The van der Waals surface area contributed by atoms with Gasteiger partial charge in [-0.05, 0) is 12.1 Å². The molecule has 78 valence electrons. The Balaban J connectivity index is 2.26. The van der Waals surface area contributed by atoms with Gasteiger partial charge in [0.15, 0.2) is 6.10 Å². The van der Waals surface area contributed by atoms with Gasteiger partial charge in [0.1, 0.15) is 12.4 Å². The van der Waals surface area contributed by atoms with Crippen molar-refractivity contribution in [1.29, 1.82) is 0 Å². The molecule has 0 fully saturated rings. The Morgan fingerprint density at radius 1 is 1.47 bits per heavy atom. The van der Waals surface area contributed by atoms with Crippen LogP contribution in [-0.2, 0) is 9.53 Å². The number of hydrogen-bond donors (Lipinski definition) is 0. The molecule has 1 aromatic rings. The first kappa shape index (κ1) is 9.71. The highest BCUT2D eigenvalue weighted by molar-refractivity contribution is 6.03. The lowest BCUT2D eigenvalue weighted by Crippen LogP contribution is -2.36. The number of esters is 1. The number of fused-ring (bicyclic) bond motifs is 1. The molecule has 1 aromatic carbocycles. The monoisotopic (exact) mass is 206 g/mol. The number of para-hydroxylation sites is 1. The first-order valence-corrected chi connectivity index (χ1v) is 4.62. The second-order valence-electron chi connectivity index (χ2n) is 3.27. The number of carbonyl (C=O) groups is 2. The molecule has 0 N–H and O–H groups in total. The Bertz CT molecular complexity index is 411. The van der Waals surface area contributed by atoms with Crippen LogP contribution in [0, 0.1) is 0 Å². The number of ether oxygens (including phenoxy) is 2. The Morgan fingerprint density at radius 2 is 2.20 bits per heavy atom. The van der Waals surface area contributed by atoms with Gasteiger partial charge in [0.25, 0.3) is 0 Å². The number of Topliss-reactive ketones (excluding diaryl/α,β-unsaturated/α-hetero) is 1. The zero-order valence-electron chi connectivity index (χ0n) is 8.23. The second-order valence-corrected chi connectivity index (χ2v) is 3.27. The third kappa shape index (κ3) is 1.83. The van der Waals surface area contributed by atoms with Crippen molar-refractivity contribution in [2.24, 2.45) is 0 Å². The molecule has 1 unspecified atom stereocenters. The van der Waals surface area contributed by atoms with Crippen LogP contribution in [0.15, 0.2) is 24.3 Å². The molecular formula is C11H10O4. The fraction of sp³-hybridized carbons (Fsp3) is 0.273. The number of benzene rings is 1. The minimum absolute atomic E-state index is 0.0927. The largest absolute Gasteiger partial charge is 0.488 e. The van der Waals surface area contributed by atoms with Gasteiger partial charge in [-0.25, -0.2) is 0 Å². The van der Waals surface area contributed by atoms with E-state index in [0.717, 1.165) is 0 Å². The molecule has 4 nitrogen and oxygen atoms in total. The quantitative estimate of drug-likeness (QED) is 0.648. The smallest absolute Gasteiger partial charge is 0.303 e. The minimum atomic E-state index is -0.808. The van der Waals surface area contributed by atoms with Gasteiger partial charge in [-0.3, -0.25) is 9.59 Å². The lowest BCUT2D eigenvalue weighted by Gasteiger charge is -2.23. The summed E-state index contributed by atoms with van der Waals surface area (Å²) in [6, 6.07) is 6.92. The zero-order chi connectivity index (χ0) is 10.8. The maximum absolute atomic E-state index is 11.8. The first-order chi connectivity index (χ1) is 7.18. The summed E-state index contributed by atoms with van der Waals surface area (Å²) in [6.45, 7) is 1.36. The maximum Gasteiger partial charge on any atom is 0.303 e. The van der Waals surface area contributed by atoms with E-state index in [-0.39, 0.29) is 12.4 Å². The summed E-state index contributed by atoms with van der Waals surface area (Å²) in [4.78, 5) is 22.5. The van der Waals surface area contributed by atoms with Gasteiger partial charge < -0.3 is 9.47 Å². The van der Waals surface area contributed by atoms with Gasteiger partial charge in [0.2, 0.25) is 5.78 Å². The molecule has 15 heavy (non-hydrogen) atoms. The highest BCUT2D eigenvalue weighted by atomic mass is 16.6. The first-order valence-electron chi connectivity index (χ1n) is 4.62. The predicted octanol–water partition coefficient (Wildman–Crippen LogP) is 1.19. The van der Waals surface area contributed by atoms with E-state index in [2.05, 4.69) is 0 Å². The Hall–Kier alpha value is -1.84. The molecule has 1 aliphatic heterocycles. The van der Waals surface area contributed by atoms with E-state index in [4.69, 9.17) is 9.47 Å². The summed E-state index contributed by atoms with van der Waals surface area (Å²) in [5, 5.41) is 0. The number of hydrogen-bond acceptors (Lipinski definition) is 4. The molecule has 1 heterocycles. The van der Waals surface area contributed by atoms with Crippen molar-refractivity contribution in [2.45, 2.75) is 13.0 Å². The molecule has 0 bridgehead atoms. The van der Waals surface area contributed by atoms with E-state index in [1.54, 1.807) is 24.3 Å². The van der Waals surface area contributed by atoms with Gasteiger partial charge in [-0.1, -0.05) is 12.1 Å². The lowest BCUT2D eigenvalue weighted by molar-refractivity contribution is -0.145. The fourth-order valence-electron chi connectivity index (χ4n) is 1.50. The summed E-state index contributed by atoms with van der Waals surface area (Å²) < 4.78 is 10.2. The number of carbonyl (C=O) groups excluding carboxylic acids is 2. The topological polar surface area (TPSA) is 52.6 Å². The van der Waals surface area contributed by atoms with Crippen LogP contribution in [0.2, 0.25) is 0 Å². The second kappa shape index (κ2) is 3.73. The van der Waals surface area contributed by atoms with Crippen LogP contribution >= 0.6 is 0 Å². The van der Waals surface area contributed by atoms with Crippen LogP contribution in [-0.4, -0.2) is 24.5 Å². The van der Waals surface area contributed by atoms with E-state index >= 15 is 0 Å². The normalized spacial score (nSPS) is 19.0. The molecule has 0 saturated heterocycles. The van der Waals surface area contributed by atoms with Crippen molar-refractivity contribution in [1.82, 2.24) is 0 Å². The molecule has 1 atom stereocenters. The Morgan fingerprint density at radius 3 is 2.93 bits per heavy atom. The molecule has 0 amide bonds.